The van der Waals surface area contributed by atoms with E-state index >= 15 is 0 Å². The summed E-state index contributed by atoms with van der Waals surface area (Å²) in [5.41, 5.74) is 1.45. The molecule has 0 spiro atoms. The van der Waals surface area contributed by atoms with Crippen LogP contribution in [-0.4, -0.2) is 43.3 Å². The van der Waals surface area contributed by atoms with Gasteiger partial charge in [0, 0.05) is 11.1 Å². The molecule has 0 aliphatic heterocycles. The zero-order chi connectivity index (χ0) is 24.3. The van der Waals surface area contributed by atoms with Gasteiger partial charge in [-0.15, -0.1) is 0 Å². The van der Waals surface area contributed by atoms with Crippen molar-refractivity contribution in [2.75, 3.05) is 13.7 Å². The molecule has 0 aliphatic rings. The summed E-state index contributed by atoms with van der Waals surface area (Å²) in [7, 11) is 1.20. The average Bonchev–Trinajstić information content (AvgIpc) is 2.78. The van der Waals surface area contributed by atoms with Crippen LogP contribution in [0, 0.1) is 11.8 Å². The van der Waals surface area contributed by atoms with Crippen LogP contribution in [0.2, 0.25) is 0 Å². The molecule has 7 heteroatoms. The second kappa shape index (κ2) is 12.1. The van der Waals surface area contributed by atoms with E-state index in [9.17, 15) is 14.4 Å². The Morgan fingerprint density at radius 1 is 1.03 bits per heavy atom. The summed E-state index contributed by atoms with van der Waals surface area (Å²) in [5, 5.41) is 5.02. The first-order valence-corrected chi connectivity index (χ1v) is 10.4. The molecule has 1 atom stereocenters. The van der Waals surface area contributed by atoms with Crippen LogP contribution in [0.1, 0.15) is 42.3 Å². The maximum atomic E-state index is 12.6. The van der Waals surface area contributed by atoms with Crippen molar-refractivity contribution >= 4 is 24.0 Å². The highest BCUT2D eigenvalue weighted by molar-refractivity contribution is 5.97. The summed E-state index contributed by atoms with van der Waals surface area (Å²) in [6.45, 7) is 4.99. The zero-order valence-corrected chi connectivity index (χ0v) is 19.2. The topological polar surface area (TPSA) is 93.7 Å². The van der Waals surface area contributed by atoms with Crippen molar-refractivity contribution in [3.63, 3.8) is 0 Å². The normalized spacial score (nSPS) is 11.6. The molecule has 0 aromatic heterocycles. The van der Waals surface area contributed by atoms with Gasteiger partial charge in [-0.1, -0.05) is 42.2 Å². The van der Waals surface area contributed by atoms with Gasteiger partial charge in [-0.3, -0.25) is 4.79 Å². The van der Waals surface area contributed by atoms with Gasteiger partial charge in [0.05, 0.1) is 13.7 Å². The Hall–Kier alpha value is -4.05. The van der Waals surface area contributed by atoms with Crippen molar-refractivity contribution in [3.8, 4) is 11.8 Å². The average molecular weight is 449 g/mol. The molecule has 0 saturated carbocycles. The Morgan fingerprint density at radius 3 is 2.30 bits per heavy atom. The van der Waals surface area contributed by atoms with Crippen molar-refractivity contribution in [1.82, 2.24) is 10.6 Å². The number of allylic oxidation sites excluding steroid dienone is 1. The molecule has 33 heavy (non-hydrogen) atoms. The molecular formula is C26H28N2O5. The quantitative estimate of drug-likeness (QED) is 0.521. The second-order valence-corrected chi connectivity index (χ2v) is 8.02. The van der Waals surface area contributed by atoms with Crippen molar-refractivity contribution in [2.24, 2.45) is 0 Å². The Labute approximate surface area is 194 Å². The molecule has 172 valence electrons. The summed E-state index contributed by atoms with van der Waals surface area (Å²) < 4.78 is 9.85. The largest absolute Gasteiger partial charge is 0.467 e. The third kappa shape index (κ3) is 9.32. The molecule has 1 unspecified atom stereocenters. The highest BCUT2D eigenvalue weighted by Crippen LogP contribution is 2.07. The van der Waals surface area contributed by atoms with Gasteiger partial charge in [0.15, 0.2) is 0 Å². The summed E-state index contributed by atoms with van der Waals surface area (Å²) >= 11 is 0. The summed E-state index contributed by atoms with van der Waals surface area (Å²) in [5.74, 6) is 4.77. The van der Waals surface area contributed by atoms with E-state index < -0.39 is 29.6 Å². The highest BCUT2D eigenvalue weighted by atomic mass is 16.6. The van der Waals surface area contributed by atoms with E-state index in [0.29, 0.717) is 5.56 Å². The van der Waals surface area contributed by atoms with Gasteiger partial charge in [0.2, 0.25) is 0 Å². The number of ether oxygens (including phenoxy) is 2. The lowest BCUT2D eigenvalue weighted by Crippen LogP contribution is -2.49. The number of esters is 1. The number of rotatable bonds is 6. The SMILES string of the molecule is COC(=O)C(CNC(=O)OC(C)(C)C)NC(=O)c1ccc(C#CC=Cc2ccccc2)cc1. The van der Waals surface area contributed by atoms with Gasteiger partial charge in [-0.05, 0) is 62.8 Å². The molecule has 0 fully saturated rings. The maximum Gasteiger partial charge on any atom is 0.407 e. The number of benzene rings is 2. The van der Waals surface area contributed by atoms with Crippen LogP contribution in [0.3, 0.4) is 0 Å². The number of amides is 2. The van der Waals surface area contributed by atoms with Gasteiger partial charge < -0.3 is 20.1 Å². The molecule has 2 aromatic rings. The summed E-state index contributed by atoms with van der Waals surface area (Å²) in [6.07, 6.45) is 2.97. The van der Waals surface area contributed by atoms with Crippen molar-refractivity contribution in [1.29, 1.82) is 0 Å². The molecule has 2 N–H and O–H groups in total. The monoisotopic (exact) mass is 448 g/mol. The van der Waals surface area contributed by atoms with Gasteiger partial charge in [-0.25, -0.2) is 9.59 Å². The second-order valence-electron chi connectivity index (χ2n) is 8.02. The molecule has 0 heterocycles. The first-order chi connectivity index (χ1) is 15.7. The van der Waals surface area contributed by atoms with Gasteiger partial charge >= 0.3 is 12.1 Å². The number of methoxy groups -OCH3 is 1. The van der Waals surface area contributed by atoms with E-state index in [0.717, 1.165) is 11.1 Å². The fraction of sp³-hybridized carbons (Fsp3) is 0.269. The molecule has 0 radical (unpaired) electrons. The first-order valence-electron chi connectivity index (χ1n) is 10.4. The van der Waals surface area contributed by atoms with Gasteiger partial charge in [0.1, 0.15) is 11.6 Å². The molecule has 2 amide bonds. The fourth-order valence-electron chi connectivity index (χ4n) is 2.61. The van der Waals surface area contributed by atoms with E-state index in [2.05, 4.69) is 22.5 Å². The molecule has 2 aromatic carbocycles. The van der Waals surface area contributed by atoms with Crippen LogP contribution in [0.4, 0.5) is 4.79 Å². The lowest BCUT2D eigenvalue weighted by atomic mass is 10.1. The summed E-state index contributed by atoms with van der Waals surface area (Å²) in [4.78, 5) is 36.4. The first kappa shape index (κ1) is 25.2. The highest BCUT2D eigenvalue weighted by Gasteiger charge is 2.24. The number of hydrogen-bond donors (Lipinski definition) is 2. The standard InChI is InChI=1S/C26H28N2O5/c1-26(2,3)33-25(31)27-18-22(24(30)32-4)28-23(29)21-16-14-20(15-17-21)13-9-8-12-19-10-6-5-7-11-19/h5-8,10-12,14-17,22H,18H2,1-4H3,(H,27,31)(H,28,29). The predicted octanol–water partition coefficient (Wildman–Crippen LogP) is 3.55. The molecule has 7 nitrogen and oxygen atoms in total. The van der Waals surface area contributed by atoms with E-state index in [-0.39, 0.29) is 6.54 Å². The molecular weight excluding hydrogens is 420 g/mol. The lowest BCUT2D eigenvalue weighted by molar-refractivity contribution is -0.142. The molecule has 0 bridgehead atoms. The number of alkyl carbamates (subject to hydrolysis) is 1. The number of carbonyl (C=O) groups is 3. The number of nitrogens with one attached hydrogen (secondary N) is 2. The zero-order valence-electron chi connectivity index (χ0n) is 19.2. The number of carbonyl (C=O) groups excluding carboxylic acids is 3. The maximum absolute atomic E-state index is 12.6. The van der Waals surface area contributed by atoms with Crippen molar-refractivity contribution in [2.45, 2.75) is 32.4 Å². The molecule has 0 saturated heterocycles. The predicted molar refractivity (Wildman–Crippen MR) is 126 cm³/mol. The van der Waals surface area contributed by atoms with Crippen molar-refractivity contribution < 1.29 is 23.9 Å². The van der Waals surface area contributed by atoms with E-state index in [1.807, 2.05) is 36.4 Å². The third-order valence-corrected chi connectivity index (χ3v) is 4.16. The van der Waals surface area contributed by atoms with Gasteiger partial charge in [-0.2, -0.15) is 0 Å². The third-order valence-electron chi connectivity index (χ3n) is 4.16. The Kier molecular flexibility index (Phi) is 9.25. The minimum absolute atomic E-state index is 0.176. The van der Waals surface area contributed by atoms with E-state index in [4.69, 9.17) is 9.47 Å². The fourth-order valence-corrected chi connectivity index (χ4v) is 2.61. The lowest BCUT2D eigenvalue weighted by Gasteiger charge is -2.21. The minimum Gasteiger partial charge on any atom is -0.467 e. The smallest absolute Gasteiger partial charge is 0.407 e. The van der Waals surface area contributed by atoms with Crippen LogP contribution in [0.5, 0.6) is 0 Å². The minimum atomic E-state index is -1.07. The van der Waals surface area contributed by atoms with Crippen LogP contribution < -0.4 is 10.6 Å². The Balaban J connectivity index is 1.96. The Morgan fingerprint density at radius 2 is 1.70 bits per heavy atom. The number of hydrogen-bond acceptors (Lipinski definition) is 5. The van der Waals surface area contributed by atoms with Crippen LogP contribution in [0.25, 0.3) is 6.08 Å². The van der Waals surface area contributed by atoms with E-state index in [1.54, 1.807) is 51.1 Å². The molecule has 0 aliphatic carbocycles. The van der Waals surface area contributed by atoms with E-state index in [1.165, 1.54) is 7.11 Å². The van der Waals surface area contributed by atoms with Crippen LogP contribution >= 0.6 is 0 Å². The van der Waals surface area contributed by atoms with Gasteiger partial charge in [0.25, 0.3) is 5.91 Å². The van der Waals surface area contributed by atoms with Crippen LogP contribution in [0.15, 0.2) is 60.7 Å². The van der Waals surface area contributed by atoms with Crippen LogP contribution in [-0.2, 0) is 14.3 Å². The molecule has 2 rings (SSSR count). The Bertz CT molecular complexity index is 1040. The van der Waals surface area contributed by atoms with Crippen molar-refractivity contribution in [3.05, 3.63) is 77.4 Å². The summed E-state index contributed by atoms with van der Waals surface area (Å²) in [6, 6.07) is 15.4.